The van der Waals surface area contributed by atoms with Gasteiger partial charge in [0.25, 0.3) is 5.91 Å². The molecule has 3 aliphatic rings. The molecule has 1 heterocycles. The Morgan fingerprint density at radius 1 is 1.20 bits per heavy atom. The van der Waals surface area contributed by atoms with E-state index in [1.54, 1.807) is 7.11 Å². The van der Waals surface area contributed by atoms with Crippen LogP contribution >= 0.6 is 0 Å². The number of hydrogen-bond donors (Lipinski definition) is 0. The highest BCUT2D eigenvalue weighted by molar-refractivity contribution is 5.82. The second-order valence-electron chi connectivity index (χ2n) is 6.46. The summed E-state index contributed by atoms with van der Waals surface area (Å²) in [5.41, 5.74) is 0.117. The fourth-order valence-corrected chi connectivity index (χ4v) is 3.62. The number of piperidine rings is 1. The van der Waals surface area contributed by atoms with Gasteiger partial charge in [0.1, 0.15) is 6.10 Å². The summed E-state index contributed by atoms with van der Waals surface area (Å²) in [5, 5.41) is 0. The van der Waals surface area contributed by atoms with Crippen LogP contribution in [0.5, 0.6) is 0 Å². The quantitative estimate of drug-likeness (QED) is 0.727. The maximum atomic E-state index is 12.4. The highest BCUT2D eigenvalue weighted by Crippen LogP contribution is 2.59. The van der Waals surface area contributed by atoms with E-state index in [-0.39, 0.29) is 29.3 Å². The third-order valence-electron chi connectivity index (χ3n) is 5.29. The lowest BCUT2D eigenvalue weighted by Crippen LogP contribution is -2.46. The normalized spacial score (nSPS) is 29.1. The number of carbonyl (C=O) groups excluding carboxylic acids is 2. The molecule has 0 bridgehead atoms. The molecule has 1 saturated heterocycles. The number of esters is 1. The first kappa shape index (κ1) is 13.9. The third-order valence-corrected chi connectivity index (χ3v) is 5.29. The van der Waals surface area contributed by atoms with E-state index in [2.05, 4.69) is 0 Å². The monoisotopic (exact) mass is 281 g/mol. The van der Waals surface area contributed by atoms with Crippen molar-refractivity contribution in [3.63, 3.8) is 0 Å². The van der Waals surface area contributed by atoms with Crippen LogP contribution in [0.4, 0.5) is 0 Å². The van der Waals surface area contributed by atoms with E-state index in [1.807, 2.05) is 4.90 Å². The summed E-state index contributed by atoms with van der Waals surface area (Å²) >= 11 is 0. The molecule has 3 fully saturated rings. The maximum absolute atomic E-state index is 12.4. The van der Waals surface area contributed by atoms with Crippen LogP contribution in [-0.4, -0.2) is 50.2 Å². The predicted octanol–water partition coefficient (Wildman–Crippen LogP) is 1.21. The minimum absolute atomic E-state index is 0.0615. The van der Waals surface area contributed by atoms with Crippen molar-refractivity contribution < 1.29 is 19.1 Å². The molecule has 1 spiro atoms. The van der Waals surface area contributed by atoms with Crippen LogP contribution in [0, 0.1) is 17.3 Å². The van der Waals surface area contributed by atoms with Gasteiger partial charge in [-0.1, -0.05) is 0 Å². The van der Waals surface area contributed by atoms with Crippen LogP contribution in [0.1, 0.15) is 32.1 Å². The molecule has 5 nitrogen and oxygen atoms in total. The van der Waals surface area contributed by atoms with Gasteiger partial charge in [-0.2, -0.15) is 0 Å². The molecular weight excluding hydrogens is 258 g/mol. The number of carbonyl (C=O) groups is 2. The molecule has 20 heavy (non-hydrogen) atoms. The smallest absolute Gasteiger partial charge is 0.309 e. The van der Waals surface area contributed by atoms with Gasteiger partial charge in [-0.3, -0.25) is 9.59 Å². The van der Waals surface area contributed by atoms with Crippen molar-refractivity contribution in [1.29, 1.82) is 0 Å². The van der Waals surface area contributed by atoms with E-state index in [0.717, 1.165) is 45.2 Å². The number of nitrogens with zero attached hydrogens (tertiary/aromatic N) is 1. The van der Waals surface area contributed by atoms with E-state index in [4.69, 9.17) is 9.47 Å². The Balaban J connectivity index is 1.54. The second kappa shape index (κ2) is 5.02. The predicted molar refractivity (Wildman–Crippen MR) is 71.9 cm³/mol. The Bertz CT molecular complexity index is 410. The molecule has 5 heteroatoms. The van der Waals surface area contributed by atoms with E-state index in [0.29, 0.717) is 5.92 Å². The molecule has 0 N–H and O–H groups in total. The SMILES string of the molecule is COC(=O)[C@@H]1CC12CCN(C(=O)[C@@H](OC)C1CC1)CC2. The van der Waals surface area contributed by atoms with Crippen LogP contribution in [-0.2, 0) is 19.1 Å². The average molecular weight is 281 g/mol. The van der Waals surface area contributed by atoms with Crippen LogP contribution < -0.4 is 0 Å². The highest BCUT2D eigenvalue weighted by atomic mass is 16.5. The van der Waals surface area contributed by atoms with Crippen LogP contribution in [0.15, 0.2) is 0 Å². The van der Waals surface area contributed by atoms with Gasteiger partial charge < -0.3 is 14.4 Å². The summed E-state index contributed by atoms with van der Waals surface area (Å²) in [6.07, 6.45) is 4.72. The minimum Gasteiger partial charge on any atom is -0.469 e. The summed E-state index contributed by atoms with van der Waals surface area (Å²) in [5.74, 6) is 0.538. The van der Waals surface area contributed by atoms with E-state index < -0.39 is 0 Å². The van der Waals surface area contributed by atoms with Gasteiger partial charge in [-0.05, 0) is 43.4 Å². The molecule has 0 aromatic heterocycles. The first-order chi connectivity index (χ1) is 9.61. The van der Waals surface area contributed by atoms with Crippen molar-refractivity contribution >= 4 is 11.9 Å². The maximum Gasteiger partial charge on any atom is 0.309 e. The van der Waals surface area contributed by atoms with Crippen molar-refractivity contribution in [2.45, 2.75) is 38.2 Å². The van der Waals surface area contributed by atoms with E-state index >= 15 is 0 Å². The van der Waals surface area contributed by atoms with Crippen molar-refractivity contribution in [2.75, 3.05) is 27.3 Å². The van der Waals surface area contributed by atoms with Crippen LogP contribution in [0.25, 0.3) is 0 Å². The molecule has 0 aromatic rings. The second-order valence-corrected chi connectivity index (χ2v) is 6.46. The van der Waals surface area contributed by atoms with Gasteiger partial charge in [0.05, 0.1) is 13.0 Å². The fourth-order valence-electron chi connectivity index (χ4n) is 3.62. The number of hydrogen-bond acceptors (Lipinski definition) is 4. The average Bonchev–Trinajstić information content (AvgIpc) is 3.37. The third kappa shape index (κ3) is 2.32. The number of ether oxygens (including phenoxy) is 2. The van der Waals surface area contributed by atoms with Gasteiger partial charge >= 0.3 is 5.97 Å². The topological polar surface area (TPSA) is 55.8 Å². The Kier molecular flexibility index (Phi) is 3.48. The summed E-state index contributed by atoms with van der Waals surface area (Å²) < 4.78 is 10.2. The minimum atomic E-state index is -0.250. The van der Waals surface area contributed by atoms with Gasteiger partial charge in [0.15, 0.2) is 0 Å². The van der Waals surface area contributed by atoms with E-state index in [1.165, 1.54) is 7.11 Å². The zero-order valence-corrected chi connectivity index (χ0v) is 12.3. The van der Waals surface area contributed by atoms with Crippen LogP contribution in [0.3, 0.4) is 0 Å². The van der Waals surface area contributed by atoms with Crippen molar-refractivity contribution in [3.05, 3.63) is 0 Å². The van der Waals surface area contributed by atoms with Crippen molar-refractivity contribution in [1.82, 2.24) is 4.90 Å². The van der Waals surface area contributed by atoms with E-state index in [9.17, 15) is 9.59 Å². The zero-order chi connectivity index (χ0) is 14.3. The molecule has 1 aliphatic heterocycles. The fraction of sp³-hybridized carbons (Fsp3) is 0.867. The molecule has 1 amide bonds. The Morgan fingerprint density at radius 2 is 1.85 bits per heavy atom. The largest absolute Gasteiger partial charge is 0.469 e. The number of amides is 1. The lowest BCUT2D eigenvalue weighted by Gasteiger charge is -2.34. The molecule has 0 aromatic carbocycles. The van der Waals surface area contributed by atoms with Crippen molar-refractivity contribution in [3.8, 4) is 0 Å². The summed E-state index contributed by atoms with van der Waals surface area (Å²) in [6, 6.07) is 0. The zero-order valence-electron chi connectivity index (χ0n) is 12.3. The molecule has 112 valence electrons. The molecule has 2 atom stereocenters. The Hall–Kier alpha value is -1.10. The van der Waals surface area contributed by atoms with Gasteiger partial charge in [-0.15, -0.1) is 0 Å². The summed E-state index contributed by atoms with van der Waals surface area (Å²) in [7, 11) is 3.08. The first-order valence-corrected chi connectivity index (χ1v) is 7.51. The number of likely N-dealkylation sites (tertiary alicyclic amines) is 1. The summed E-state index contributed by atoms with van der Waals surface area (Å²) in [4.78, 5) is 25.9. The lowest BCUT2D eigenvalue weighted by molar-refractivity contribution is -0.145. The lowest BCUT2D eigenvalue weighted by atomic mass is 9.90. The molecule has 2 aliphatic carbocycles. The Morgan fingerprint density at radius 3 is 2.35 bits per heavy atom. The Labute approximate surface area is 119 Å². The highest BCUT2D eigenvalue weighted by Gasteiger charge is 2.59. The van der Waals surface area contributed by atoms with Crippen molar-refractivity contribution in [2.24, 2.45) is 17.3 Å². The summed E-state index contributed by atoms with van der Waals surface area (Å²) in [6.45, 7) is 1.50. The number of rotatable bonds is 4. The molecule has 3 rings (SSSR count). The number of methoxy groups -OCH3 is 2. The van der Waals surface area contributed by atoms with Crippen LogP contribution in [0.2, 0.25) is 0 Å². The molecule has 2 saturated carbocycles. The molecular formula is C15H23NO4. The first-order valence-electron chi connectivity index (χ1n) is 7.51. The van der Waals surface area contributed by atoms with Gasteiger partial charge in [-0.25, -0.2) is 0 Å². The molecule has 0 radical (unpaired) electrons. The molecule has 0 unspecified atom stereocenters. The standard InChI is InChI=1S/C15H23NO4/c1-19-12(10-3-4-10)13(17)16-7-5-15(6-8-16)9-11(15)14(18)20-2/h10-12H,3-9H2,1-2H3/t11-,12-/m0/s1. The van der Waals surface area contributed by atoms with Gasteiger partial charge in [0.2, 0.25) is 0 Å². The van der Waals surface area contributed by atoms with Gasteiger partial charge in [0, 0.05) is 20.2 Å².